The van der Waals surface area contributed by atoms with Crippen molar-refractivity contribution in [3.05, 3.63) is 23.9 Å². The van der Waals surface area contributed by atoms with Gasteiger partial charge in [0, 0.05) is 11.8 Å². The number of hydrogen-bond donors (Lipinski definition) is 1. The number of aromatic nitrogens is 1. The molecule has 2 rings (SSSR count). The van der Waals surface area contributed by atoms with Gasteiger partial charge >= 0.3 is 0 Å². The smallest absolute Gasteiger partial charge is 0.219 e. The van der Waals surface area contributed by atoms with E-state index in [0.29, 0.717) is 11.8 Å². The molecule has 1 fully saturated rings. The molecule has 0 saturated heterocycles. The molecule has 1 aromatic heterocycles. The Bertz CT molecular complexity index is 340. The molecule has 3 nitrogen and oxygen atoms in total. The highest BCUT2D eigenvalue weighted by Gasteiger charge is 2.54. The van der Waals surface area contributed by atoms with Gasteiger partial charge < -0.3 is 9.84 Å². The molecule has 0 bridgehead atoms. The van der Waals surface area contributed by atoms with Gasteiger partial charge in [-0.15, -0.1) is 0 Å². The first-order valence-electron chi connectivity index (χ1n) is 4.94. The van der Waals surface area contributed by atoms with E-state index in [-0.39, 0.29) is 0 Å². The lowest BCUT2D eigenvalue weighted by Gasteiger charge is -2.13. The molecule has 1 aromatic rings. The zero-order valence-electron chi connectivity index (χ0n) is 8.53. The second-order valence-electron chi connectivity index (χ2n) is 3.79. The second-order valence-corrected chi connectivity index (χ2v) is 3.79. The Balaban J connectivity index is 2.33. The van der Waals surface area contributed by atoms with Crippen LogP contribution in [-0.4, -0.2) is 17.2 Å². The van der Waals surface area contributed by atoms with Crippen LogP contribution in [0.15, 0.2) is 18.3 Å². The van der Waals surface area contributed by atoms with Crippen LogP contribution in [0.4, 0.5) is 0 Å². The molecule has 0 radical (unpaired) electrons. The summed E-state index contributed by atoms with van der Waals surface area (Å²) in [4.78, 5) is 4.09. The van der Waals surface area contributed by atoms with Crippen molar-refractivity contribution in [3.8, 4) is 5.88 Å². The van der Waals surface area contributed by atoms with Crippen LogP contribution in [0.5, 0.6) is 5.88 Å². The number of ether oxygens (including phenoxy) is 1. The van der Waals surface area contributed by atoms with Crippen molar-refractivity contribution in [2.45, 2.75) is 25.4 Å². The normalized spacial score (nSPS) is 30.1. The summed E-state index contributed by atoms with van der Waals surface area (Å²) < 4.78 is 5.13. The molecule has 1 N–H and O–H groups in total. The lowest BCUT2D eigenvalue weighted by atomic mass is 10.1. The van der Waals surface area contributed by atoms with E-state index in [9.17, 15) is 5.11 Å². The summed E-state index contributed by atoms with van der Waals surface area (Å²) in [6, 6.07) is 3.72. The number of aliphatic hydroxyl groups is 1. The van der Waals surface area contributed by atoms with Crippen LogP contribution in [-0.2, 0) is 5.60 Å². The van der Waals surface area contributed by atoms with Gasteiger partial charge in [-0.05, 0) is 24.5 Å². The summed E-state index contributed by atoms with van der Waals surface area (Å²) in [5, 5.41) is 10.3. The highest BCUT2D eigenvalue weighted by Crippen LogP contribution is 2.55. The molecule has 1 saturated carbocycles. The van der Waals surface area contributed by atoms with Crippen LogP contribution >= 0.6 is 0 Å². The topological polar surface area (TPSA) is 42.4 Å². The SMILES string of the molecule is CCC1CC1(O)c1cccnc1OC. The number of nitrogens with zero attached hydrogens (tertiary/aromatic N) is 1. The molecule has 0 aliphatic heterocycles. The summed E-state index contributed by atoms with van der Waals surface area (Å²) in [7, 11) is 1.58. The zero-order valence-corrected chi connectivity index (χ0v) is 8.53. The van der Waals surface area contributed by atoms with Crippen molar-refractivity contribution in [3.63, 3.8) is 0 Å². The fourth-order valence-corrected chi connectivity index (χ4v) is 2.01. The predicted molar refractivity (Wildman–Crippen MR) is 53.1 cm³/mol. The largest absolute Gasteiger partial charge is 0.481 e. The van der Waals surface area contributed by atoms with Gasteiger partial charge in [0.05, 0.1) is 12.7 Å². The van der Waals surface area contributed by atoms with Crippen LogP contribution in [0.25, 0.3) is 0 Å². The van der Waals surface area contributed by atoms with E-state index in [2.05, 4.69) is 11.9 Å². The molecule has 14 heavy (non-hydrogen) atoms. The third kappa shape index (κ3) is 1.28. The van der Waals surface area contributed by atoms with Crippen molar-refractivity contribution in [1.82, 2.24) is 4.98 Å². The standard InChI is InChI=1S/C11H15NO2/c1-3-8-7-11(8,13)9-5-4-6-12-10(9)14-2/h4-6,8,13H,3,7H2,1-2H3. The zero-order chi connectivity index (χ0) is 10.2. The molecule has 3 heteroatoms. The van der Waals surface area contributed by atoms with Crippen molar-refractivity contribution in [1.29, 1.82) is 0 Å². The first kappa shape index (κ1) is 9.46. The van der Waals surface area contributed by atoms with Crippen LogP contribution in [0.2, 0.25) is 0 Å². The van der Waals surface area contributed by atoms with E-state index < -0.39 is 5.60 Å². The fraction of sp³-hybridized carbons (Fsp3) is 0.545. The van der Waals surface area contributed by atoms with Crippen molar-refractivity contribution >= 4 is 0 Å². The molecule has 76 valence electrons. The number of pyridine rings is 1. The molecule has 0 amide bonds. The van der Waals surface area contributed by atoms with Crippen LogP contribution in [0.3, 0.4) is 0 Å². The van der Waals surface area contributed by atoms with E-state index in [4.69, 9.17) is 4.74 Å². The molecular weight excluding hydrogens is 178 g/mol. The number of hydrogen-bond acceptors (Lipinski definition) is 3. The lowest BCUT2D eigenvalue weighted by molar-refractivity contribution is 0.126. The number of methoxy groups -OCH3 is 1. The third-order valence-corrected chi connectivity index (χ3v) is 3.00. The van der Waals surface area contributed by atoms with Crippen LogP contribution in [0.1, 0.15) is 25.3 Å². The van der Waals surface area contributed by atoms with E-state index in [0.717, 1.165) is 18.4 Å². The fourth-order valence-electron chi connectivity index (χ4n) is 2.01. The van der Waals surface area contributed by atoms with Gasteiger partial charge in [-0.25, -0.2) is 4.98 Å². The maximum atomic E-state index is 10.3. The van der Waals surface area contributed by atoms with Crippen LogP contribution < -0.4 is 4.74 Å². The lowest BCUT2D eigenvalue weighted by Crippen LogP contribution is -2.11. The Labute approximate surface area is 83.7 Å². The minimum Gasteiger partial charge on any atom is -0.481 e. The maximum Gasteiger partial charge on any atom is 0.219 e. The van der Waals surface area contributed by atoms with Gasteiger partial charge in [0.15, 0.2) is 0 Å². The van der Waals surface area contributed by atoms with Crippen molar-refractivity contribution < 1.29 is 9.84 Å². The van der Waals surface area contributed by atoms with E-state index in [1.165, 1.54) is 0 Å². The Morgan fingerprint density at radius 3 is 3.07 bits per heavy atom. The highest BCUT2D eigenvalue weighted by molar-refractivity contribution is 5.37. The minimum atomic E-state index is -0.686. The molecule has 1 heterocycles. The Hall–Kier alpha value is -1.09. The van der Waals surface area contributed by atoms with Gasteiger partial charge in [0.1, 0.15) is 0 Å². The van der Waals surface area contributed by atoms with E-state index >= 15 is 0 Å². The third-order valence-electron chi connectivity index (χ3n) is 3.00. The van der Waals surface area contributed by atoms with Gasteiger partial charge in [0.2, 0.25) is 5.88 Å². The molecule has 2 unspecified atom stereocenters. The number of rotatable bonds is 3. The van der Waals surface area contributed by atoms with Gasteiger partial charge in [-0.3, -0.25) is 0 Å². The Morgan fingerprint density at radius 1 is 1.71 bits per heavy atom. The molecular formula is C11H15NO2. The van der Waals surface area contributed by atoms with Crippen LogP contribution in [0, 0.1) is 5.92 Å². The molecule has 0 spiro atoms. The predicted octanol–water partition coefficient (Wildman–Crippen LogP) is 1.71. The quantitative estimate of drug-likeness (QED) is 0.794. The summed E-state index contributed by atoms with van der Waals surface area (Å²) in [6.45, 7) is 2.09. The van der Waals surface area contributed by atoms with E-state index in [1.54, 1.807) is 13.3 Å². The average Bonchev–Trinajstić information content (AvgIpc) is 2.91. The monoisotopic (exact) mass is 193 g/mol. The van der Waals surface area contributed by atoms with Gasteiger partial charge in [-0.1, -0.05) is 13.3 Å². The summed E-state index contributed by atoms with van der Waals surface area (Å²) in [5.74, 6) is 0.909. The van der Waals surface area contributed by atoms with Crippen molar-refractivity contribution in [2.75, 3.05) is 7.11 Å². The molecule has 0 aromatic carbocycles. The maximum absolute atomic E-state index is 10.3. The van der Waals surface area contributed by atoms with E-state index in [1.807, 2.05) is 12.1 Å². The molecule has 2 atom stereocenters. The summed E-state index contributed by atoms with van der Waals surface area (Å²) in [6.07, 6.45) is 3.50. The molecule has 1 aliphatic rings. The minimum absolute atomic E-state index is 0.362. The van der Waals surface area contributed by atoms with Gasteiger partial charge in [-0.2, -0.15) is 0 Å². The summed E-state index contributed by atoms with van der Waals surface area (Å²) in [5.41, 5.74) is 0.142. The highest BCUT2D eigenvalue weighted by atomic mass is 16.5. The summed E-state index contributed by atoms with van der Waals surface area (Å²) >= 11 is 0. The first-order valence-corrected chi connectivity index (χ1v) is 4.94. The van der Waals surface area contributed by atoms with Crippen molar-refractivity contribution in [2.24, 2.45) is 5.92 Å². The Morgan fingerprint density at radius 2 is 2.50 bits per heavy atom. The first-order chi connectivity index (χ1) is 6.72. The van der Waals surface area contributed by atoms with Gasteiger partial charge in [0.25, 0.3) is 0 Å². The average molecular weight is 193 g/mol. The Kier molecular flexibility index (Phi) is 2.19. The second kappa shape index (κ2) is 3.24. The molecule has 1 aliphatic carbocycles.